The Kier molecular flexibility index (Phi) is 6.17. The SMILES string of the molecule is C[C@@H]1CN(Cc2nnnn2CC(=O)N(C)CCc2cnn(C)c2)C[C@H](C)O1. The molecule has 148 valence electrons. The molecule has 1 aliphatic heterocycles. The van der Waals surface area contributed by atoms with Crippen LogP contribution in [0.15, 0.2) is 12.4 Å². The molecule has 0 bridgehead atoms. The fourth-order valence-corrected chi connectivity index (χ4v) is 3.34. The number of carbonyl (C=O) groups is 1. The van der Waals surface area contributed by atoms with Crippen LogP contribution in [0.5, 0.6) is 0 Å². The van der Waals surface area contributed by atoms with Gasteiger partial charge >= 0.3 is 0 Å². The van der Waals surface area contributed by atoms with Gasteiger partial charge < -0.3 is 9.64 Å². The molecule has 1 aliphatic rings. The highest BCUT2D eigenvalue weighted by Gasteiger charge is 2.24. The minimum atomic E-state index is -0.0175. The summed E-state index contributed by atoms with van der Waals surface area (Å²) < 4.78 is 9.11. The lowest BCUT2D eigenvalue weighted by Crippen LogP contribution is -2.45. The molecule has 0 unspecified atom stereocenters. The number of likely N-dealkylation sites (N-methyl/N-ethyl adjacent to an activating group) is 1. The second kappa shape index (κ2) is 8.57. The Labute approximate surface area is 159 Å². The van der Waals surface area contributed by atoms with Gasteiger partial charge in [-0.3, -0.25) is 14.4 Å². The van der Waals surface area contributed by atoms with Crippen LogP contribution in [-0.4, -0.2) is 84.6 Å². The summed E-state index contributed by atoms with van der Waals surface area (Å²) in [7, 11) is 3.68. The van der Waals surface area contributed by atoms with Crippen LogP contribution in [0.2, 0.25) is 0 Å². The first-order valence-corrected chi connectivity index (χ1v) is 9.25. The molecule has 10 nitrogen and oxygen atoms in total. The zero-order valence-corrected chi connectivity index (χ0v) is 16.4. The van der Waals surface area contributed by atoms with Crippen molar-refractivity contribution >= 4 is 5.91 Å². The summed E-state index contributed by atoms with van der Waals surface area (Å²) in [5.74, 6) is 0.682. The standard InChI is InChI=1S/C17H28N8O2/c1-13-8-24(9-14(2)27-13)11-16-19-20-21-25(16)12-17(26)22(3)6-5-15-7-18-23(4)10-15/h7,10,13-14H,5-6,8-9,11-12H2,1-4H3/t13-,14+. The molecule has 10 heteroatoms. The van der Waals surface area contributed by atoms with Crippen LogP contribution in [0, 0.1) is 0 Å². The average molecular weight is 376 g/mol. The van der Waals surface area contributed by atoms with E-state index in [1.54, 1.807) is 21.3 Å². The molecule has 27 heavy (non-hydrogen) atoms. The number of tetrazole rings is 1. The van der Waals surface area contributed by atoms with Crippen LogP contribution in [0.25, 0.3) is 0 Å². The molecule has 3 heterocycles. The molecular formula is C17H28N8O2. The molecule has 3 rings (SSSR count). The molecule has 1 amide bonds. The quantitative estimate of drug-likeness (QED) is 0.656. The molecule has 0 N–H and O–H groups in total. The summed E-state index contributed by atoms with van der Waals surface area (Å²) in [5.41, 5.74) is 1.11. The highest BCUT2D eigenvalue weighted by molar-refractivity contribution is 5.75. The van der Waals surface area contributed by atoms with Gasteiger partial charge in [-0.1, -0.05) is 0 Å². The number of hydrogen-bond donors (Lipinski definition) is 0. The molecular weight excluding hydrogens is 348 g/mol. The lowest BCUT2D eigenvalue weighted by Gasteiger charge is -2.34. The Bertz CT molecular complexity index is 748. The van der Waals surface area contributed by atoms with Gasteiger partial charge in [0, 0.05) is 39.9 Å². The first-order chi connectivity index (χ1) is 12.9. The van der Waals surface area contributed by atoms with Crippen molar-refractivity contribution in [3.8, 4) is 0 Å². The van der Waals surface area contributed by atoms with Crippen LogP contribution in [0.4, 0.5) is 0 Å². The molecule has 2 aromatic rings. The van der Waals surface area contributed by atoms with E-state index in [1.807, 2.05) is 19.4 Å². The van der Waals surface area contributed by atoms with E-state index in [0.717, 1.165) is 25.1 Å². The predicted molar refractivity (Wildman–Crippen MR) is 97.7 cm³/mol. The van der Waals surface area contributed by atoms with Gasteiger partial charge in [0.25, 0.3) is 0 Å². The lowest BCUT2D eigenvalue weighted by atomic mass is 10.2. The lowest BCUT2D eigenvalue weighted by molar-refractivity contribution is -0.130. The van der Waals surface area contributed by atoms with Gasteiger partial charge in [0.05, 0.1) is 24.9 Å². The maximum absolute atomic E-state index is 12.5. The number of rotatable bonds is 7. The zero-order valence-electron chi connectivity index (χ0n) is 16.4. The van der Waals surface area contributed by atoms with E-state index in [2.05, 4.69) is 39.4 Å². The van der Waals surface area contributed by atoms with Gasteiger partial charge in [-0.2, -0.15) is 5.10 Å². The number of carbonyl (C=O) groups excluding carboxylic acids is 1. The van der Waals surface area contributed by atoms with Gasteiger partial charge in [0.1, 0.15) is 6.54 Å². The van der Waals surface area contributed by atoms with Crippen molar-refractivity contribution in [1.29, 1.82) is 0 Å². The summed E-state index contributed by atoms with van der Waals surface area (Å²) in [6.45, 7) is 7.16. The van der Waals surface area contributed by atoms with Crippen LogP contribution in [0.3, 0.4) is 0 Å². The molecule has 0 aromatic carbocycles. The number of nitrogens with zero attached hydrogens (tertiary/aromatic N) is 8. The van der Waals surface area contributed by atoms with E-state index in [9.17, 15) is 4.79 Å². The van der Waals surface area contributed by atoms with Crippen molar-refractivity contribution in [2.24, 2.45) is 7.05 Å². The predicted octanol–water partition coefficient (Wildman–Crippen LogP) is -0.283. The summed E-state index contributed by atoms with van der Waals surface area (Å²) in [6.07, 6.45) is 4.91. The molecule has 0 radical (unpaired) electrons. The monoisotopic (exact) mass is 376 g/mol. The minimum Gasteiger partial charge on any atom is -0.373 e. The highest BCUT2D eigenvalue weighted by atomic mass is 16.5. The molecule has 0 aliphatic carbocycles. The van der Waals surface area contributed by atoms with Gasteiger partial charge in [0.2, 0.25) is 5.91 Å². The van der Waals surface area contributed by atoms with Crippen molar-refractivity contribution in [3.05, 3.63) is 23.8 Å². The Morgan fingerprint density at radius 3 is 2.74 bits per heavy atom. The fourth-order valence-electron chi connectivity index (χ4n) is 3.34. The van der Waals surface area contributed by atoms with E-state index < -0.39 is 0 Å². The number of amides is 1. The van der Waals surface area contributed by atoms with E-state index in [0.29, 0.717) is 18.9 Å². The van der Waals surface area contributed by atoms with E-state index in [4.69, 9.17) is 4.74 Å². The van der Waals surface area contributed by atoms with E-state index in [1.165, 1.54) is 0 Å². The van der Waals surface area contributed by atoms with E-state index in [-0.39, 0.29) is 24.7 Å². The zero-order chi connectivity index (χ0) is 19.4. The van der Waals surface area contributed by atoms with Crippen LogP contribution < -0.4 is 0 Å². The van der Waals surface area contributed by atoms with Crippen LogP contribution in [-0.2, 0) is 36.1 Å². The van der Waals surface area contributed by atoms with Crippen molar-refractivity contribution in [2.75, 3.05) is 26.7 Å². The Hall–Kier alpha value is -2.33. The second-order valence-corrected chi connectivity index (χ2v) is 7.29. The molecule has 1 fully saturated rings. The average Bonchev–Trinajstić information content (AvgIpc) is 3.20. The summed E-state index contributed by atoms with van der Waals surface area (Å²) in [6, 6.07) is 0. The van der Waals surface area contributed by atoms with E-state index >= 15 is 0 Å². The first-order valence-electron chi connectivity index (χ1n) is 9.25. The maximum atomic E-state index is 12.5. The van der Waals surface area contributed by atoms with Crippen LogP contribution in [0.1, 0.15) is 25.2 Å². The van der Waals surface area contributed by atoms with Crippen molar-refractivity contribution in [1.82, 2.24) is 39.8 Å². The maximum Gasteiger partial charge on any atom is 0.244 e. The Morgan fingerprint density at radius 2 is 2.07 bits per heavy atom. The summed E-state index contributed by atoms with van der Waals surface area (Å²) >= 11 is 0. The van der Waals surface area contributed by atoms with Crippen molar-refractivity contribution in [2.45, 2.75) is 45.6 Å². The number of ether oxygens (including phenoxy) is 1. The third-order valence-corrected chi connectivity index (χ3v) is 4.67. The first kappa shape index (κ1) is 19.4. The molecule has 2 atom stereocenters. The van der Waals surface area contributed by atoms with Crippen molar-refractivity contribution in [3.63, 3.8) is 0 Å². The van der Waals surface area contributed by atoms with Crippen LogP contribution >= 0.6 is 0 Å². The number of aryl methyl sites for hydroxylation is 1. The summed E-state index contributed by atoms with van der Waals surface area (Å²) in [4.78, 5) is 16.5. The largest absolute Gasteiger partial charge is 0.373 e. The third kappa shape index (κ3) is 5.33. The normalized spacial score (nSPS) is 20.7. The molecule has 1 saturated heterocycles. The number of morpholine rings is 1. The fraction of sp³-hybridized carbons (Fsp3) is 0.706. The Balaban J connectivity index is 1.53. The molecule has 0 spiro atoms. The van der Waals surface area contributed by atoms with Gasteiger partial charge in [-0.15, -0.1) is 5.10 Å². The molecule has 2 aromatic heterocycles. The van der Waals surface area contributed by atoms with Gasteiger partial charge in [0.15, 0.2) is 5.82 Å². The highest BCUT2D eigenvalue weighted by Crippen LogP contribution is 2.13. The topological polar surface area (TPSA) is 94.2 Å². The minimum absolute atomic E-state index is 0.0175. The molecule has 0 saturated carbocycles. The number of hydrogen-bond acceptors (Lipinski definition) is 7. The van der Waals surface area contributed by atoms with Crippen molar-refractivity contribution < 1.29 is 9.53 Å². The van der Waals surface area contributed by atoms with Gasteiger partial charge in [-0.25, -0.2) is 4.68 Å². The number of aromatic nitrogens is 6. The summed E-state index contributed by atoms with van der Waals surface area (Å²) in [5, 5.41) is 16.0. The Morgan fingerprint density at radius 1 is 1.33 bits per heavy atom. The van der Waals surface area contributed by atoms with Gasteiger partial charge in [-0.05, 0) is 36.3 Å². The third-order valence-electron chi connectivity index (χ3n) is 4.67. The second-order valence-electron chi connectivity index (χ2n) is 7.29. The smallest absolute Gasteiger partial charge is 0.244 e.